The van der Waals surface area contributed by atoms with Crippen molar-refractivity contribution >= 4 is 38.7 Å². The zero-order valence-corrected chi connectivity index (χ0v) is 21.9. The normalized spacial score (nSPS) is 14.3. The van der Waals surface area contributed by atoms with E-state index >= 15 is 0 Å². The van der Waals surface area contributed by atoms with E-state index in [4.69, 9.17) is 9.72 Å². The molecule has 0 amide bonds. The number of hydrogen-bond acceptors (Lipinski definition) is 6. The highest BCUT2D eigenvalue weighted by Crippen LogP contribution is 2.35. The number of para-hydroxylation sites is 1. The van der Waals surface area contributed by atoms with Crippen LogP contribution in [0.2, 0.25) is 0 Å². The van der Waals surface area contributed by atoms with Crippen molar-refractivity contribution in [2.75, 3.05) is 0 Å². The minimum atomic E-state index is -0.555. The number of nitro groups is 1. The van der Waals surface area contributed by atoms with Crippen molar-refractivity contribution in [3.63, 3.8) is 0 Å². The van der Waals surface area contributed by atoms with E-state index in [9.17, 15) is 19.3 Å². The van der Waals surface area contributed by atoms with Crippen molar-refractivity contribution in [3.05, 3.63) is 108 Å². The molecule has 1 aliphatic carbocycles. The molecule has 0 saturated heterocycles. The monoisotopic (exact) mass is 578 g/mol. The van der Waals surface area contributed by atoms with Gasteiger partial charge in [0, 0.05) is 22.0 Å². The summed E-state index contributed by atoms with van der Waals surface area (Å²) in [5, 5.41) is 16.8. The largest absolute Gasteiger partial charge is 0.481 e. The predicted octanol–water partition coefficient (Wildman–Crippen LogP) is 6.72. The number of halogens is 2. The number of ether oxygens (including phenoxy) is 1. The third kappa shape index (κ3) is 5.50. The molecule has 0 atom stereocenters. The van der Waals surface area contributed by atoms with E-state index in [1.807, 2.05) is 12.1 Å². The highest BCUT2D eigenvalue weighted by atomic mass is 79.9. The first kappa shape index (κ1) is 25.7. The summed E-state index contributed by atoms with van der Waals surface area (Å²) in [7, 11) is 0. The van der Waals surface area contributed by atoms with E-state index < -0.39 is 10.7 Å². The van der Waals surface area contributed by atoms with Crippen LogP contribution in [0.1, 0.15) is 55.0 Å². The zero-order chi connectivity index (χ0) is 26.6. The van der Waals surface area contributed by atoms with Crippen LogP contribution in [0, 0.1) is 15.9 Å². The second kappa shape index (κ2) is 11.2. The molecule has 0 spiro atoms. The number of fused-ring (bicyclic) bond motifs is 1. The van der Waals surface area contributed by atoms with E-state index in [0.29, 0.717) is 26.8 Å². The van der Waals surface area contributed by atoms with Gasteiger partial charge in [-0.15, -0.1) is 0 Å². The molecule has 0 aliphatic heterocycles. The van der Waals surface area contributed by atoms with Gasteiger partial charge >= 0.3 is 5.69 Å². The number of nitrogens with zero attached hydrogens (tertiary/aromatic N) is 4. The predicted molar refractivity (Wildman–Crippen MR) is 146 cm³/mol. The summed E-state index contributed by atoms with van der Waals surface area (Å²) in [6.07, 6.45) is 6.43. The Bertz CT molecular complexity index is 1600. The molecule has 38 heavy (non-hydrogen) atoms. The lowest BCUT2D eigenvalue weighted by Gasteiger charge is -2.22. The number of aromatic nitrogens is 2. The lowest BCUT2D eigenvalue weighted by molar-refractivity contribution is -0.386. The Labute approximate surface area is 226 Å². The Morgan fingerprint density at radius 2 is 1.92 bits per heavy atom. The first-order chi connectivity index (χ1) is 18.4. The fourth-order valence-electron chi connectivity index (χ4n) is 4.77. The molecule has 0 N–H and O–H groups in total. The maximum Gasteiger partial charge on any atom is 0.312 e. The second-order valence-electron chi connectivity index (χ2n) is 9.20. The Balaban J connectivity index is 1.60. The summed E-state index contributed by atoms with van der Waals surface area (Å²) in [6.45, 7) is -0.0914. The average molecular weight is 579 g/mol. The molecule has 1 aliphatic rings. The molecule has 1 heterocycles. The van der Waals surface area contributed by atoms with Gasteiger partial charge in [0.25, 0.3) is 5.56 Å². The number of hydrogen-bond donors (Lipinski definition) is 0. The van der Waals surface area contributed by atoms with Crippen LogP contribution >= 0.6 is 15.9 Å². The van der Waals surface area contributed by atoms with Crippen molar-refractivity contribution in [1.82, 2.24) is 9.66 Å². The topological polar surface area (TPSA) is 99.6 Å². The van der Waals surface area contributed by atoms with Gasteiger partial charge in [0.15, 0.2) is 0 Å². The van der Waals surface area contributed by atoms with Gasteiger partial charge in [0.05, 0.1) is 22.0 Å². The van der Waals surface area contributed by atoms with Gasteiger partial charge < -0.3 is 4.74 Å². The van der Waals surface area contributed by atoms with Gasteiger partial charge in [-0.3, -0.25) is 14.9 Å². The molecule has 0 bridgehead atoms. The van der Waals surface area contributed by atoms with Gasteiger partial charge in [0.1, 0.15) is 18.2 Å². The van der Waals surface area contributed by atoms with Crippen LogP contribution in [0.25, 0.3) is 10.9 Å². The summed E-state index contributed by atoms with van der Waals surface area (Å²) in [5.41, 5.74) is 0.825. The lowest BCUT2D eigenvalue weighted by Crippen LogP contribution is -2.25. The minimum Gasteiger partial charge on any atom is -0.481 e. The maximum absolute atomic E-state index is 13.7. The third-order valence-electron chi connectivity index (χ3n) is 6.59. The molecule has 1 aromatic heterocycles. The van der Waals surface area contributed by atoms with E-state index in [1.54, 1.807) is 30.3 Å². The van der Waals surface area contributed by atoms with E-state index in [-0.39, 0.29) is 35.1 Å². The quantitative estimate of drug-likeness (QED) is 0.138. The van der Waals surface area contributed by atoms with Crippen LogP contribution in [-0.2, 0) is 6.61 Å². The molecule has 1 saturated carbocycles. The fourth-order valence-corrected chi connectivity index (χ4v) is 5.23. The Hall–Kier alpha value is -3.92. The third-order valence-corrected chi connectivity index (χ3v) is 7.05. The maximum atomic E-state index is 13.7. The number of nitro benzene ring substituents is 1. The molecule has 1 fully saturated rings. The van der Waals surface area contributed by atoms with Crippen LogP contribution in [-0.4, -0.2) is 20.8 Å². The summed E-state index contributed by atoms with van der Waals surface area (Å²) >= 11 is 3.32. The fraction of sp³-hybridized carbons (Fsp3) is 0.250. The molecule has 0 radical (unpaired) electrons. The van der Waals surface area contributed by atoms with Gasteiger partial charge in [-0.05, 0) is 48.7 Å². The Morgan fingerprint density at radius 1 is 1.13 bits per heavy atom. The average Bonchev–Trinajstić information content (AvgIpc) is 2.92. The molecule has 3 aromatic carbocycles. The summed E-state index contributed by atoms with van der Waals surface area (Å²) in [5.74, 6) is 0.193. The van der Waals surface area contributed by atoms with Gasteiger partial charge in [0.2, 0.25) is 5.75 Å². The lowest BCUT2D eigenvalue weighted by atomic mass is 9.88. The first-order valence-electron chi connectivity index (χ1n) is 12.3. The van der Waals surface area contributed by atoms with Crippen molar-refractivity contribution in [2.24, 2.45) is 5.10 Å². The summed E-state index contributed by atoms with van der Waals surface area (Å²) < 4.78 is 21.2. The van der Waals surface area contributed by atoms with Crippen molar-refractivity contribution in [1.29, 1.82) is 0 Å². The van der Waals surface area contributed by atoms with Crippen LogP contribution in [0.3, 0.4) is 0 Å². The number of rotatable bonds is 7. The molecule has 0 unspecified atom stereocenters. The van der Waals surface area contributed by atoms with Crippen molar-refractivity contribution < 1.29 is 14.1 Å². The van der Waals surface area contributed by atoms with Crippen LogP contribution in [0.4, 0.5) is 10.1 Å². The molecular weight excluding hydrogens is 555 g/mol. The van der Waals surface area contributed by atoms with E-state index in [1.165, 1.54) is 29.1 Å². The highest BCUT2D eigenvalue weighted by Gasteiger charge is 2.24. The number of benzene rings is 3. The van der Waals surface area contributed by atoms with Crippen molar-refractivity contribution in [3.8, 4) is 5.75 Å². The van der Waals surface area contributed by atoms with E-state index in [0.717, 1.165) is 32.1 Å². The zero-order valence-electron chi connectivity index (χ0n) is 20.3. The SMILES string of the molecule is O=c1c2ccccc2nc(C2CCCCC2)n1N=Cc1cc(Br)cc([N+](=O)[O-])c1OCc1cccc(F)c1. The highest BCUT2D eigenvalue weighted by molar-refractivity contribution is 9.10. The molecule has 8 nitrogen and oxygen atoms in total. The summed E-state index contributed by atoms with van der Waals surface area (Å²) in [6, 6.07) is 15.9. The molecule has 10 heteroatoms. The smallest absolute Gasteiger partial charge is 0.312 e. The molecule has 5 rings (SSSR count). The van der Waals surface area contributed by atoms with Gasteiger partial charge in [-0.25, -0.2) is 9.37 Å². The van der Waals surface area contributed by atoms with E-state index in [2.05, 4.69) is 21.0 Å². The molecule has 194 valence electrons. The van der Waals surface area contributed by atoms with Gasteiger partial charge in [-0.2, -0.15) is 9.78 Å². The second-order valence-corrected chi connectivity index (χ2v) is 10.1. The van der Waals surface area contributed by atoms with Crippen LogP contribution < -0.4 is 10.3 Å². The summed E-state index contributed by atoms with van der Waals surface area (Å²) in [4.78, 5) is 29.6. The molecule has 4 aromatic rings. The molecular formula is C28H24BrFN4O4. The van der Waals surface area contributed by atoms with Gasteiger partial charge in [-0.1, -0.05) is 59.5 Å². The standard InChI is InChI=1S/C28H24BrFN4O4/c29-21-14-20(26(25(15-21)34(36)37)38-17-18-7-6-10-22(30)13-18)16-31-33-27(19-8-2-1-3-9-19)32-24-12-5-4-11-23(24)28(33)35/h4-7,10-16,19H,1-3,8-9,17H2. The minimum absolute atomic E-state index is 0.0350. The first-order valence-corrected chi connectivity index (χ1v) is 13.1. The van der Waals surface area contributed by atoms with Crippen LogP contribution in [0.5, 0.6) is 5.75 Å². The Kier molecular flexibility index (Phi) is 7.59. The van der Waals surface area contributed by atoms with Crippen LogP contribution in [0.15, 0.2) is 75.0 Å². The van der Waals surface area contributed by atoms with Crippen molar-refractivity contribution in [2.45, 2.75) is 44.6 Å². The Morgan fingerprint density at radius 3 is 2.68 bits per heavy atom.